The summed E-state index contributed by atoms with van der Waals surface area (Å²) in [6.45, 7) is 21.3. The molecule has 1 unspecified atom stereocenters. The minimum absolute atomic E-state index is 0.578. The molecule has 2 nitrogen and oxygen atoms in total. The van der Waals surface area contributed by atoms with Gasteiger partial charge in [0.15, 0.2) is 0 Å². The molecule has 1 atom stereocenters. The van der Waals surface area contributed by atoms with Crippen molar-refractivity contribution < 1.29 is 0 Å². The Bertz CT molecular complexity index is 531. The highest BCUT2D eigenvalue weighted by Gasteiger charge is 2.21. The first-order chi connectivity index (χ1) is 13.4. The highest BCUT2D eigenvalue weighted by molar-refractivity contribution is 5.98. The third-order valence-electron chi connectivity index (χ3n) is 5.57. The highest BCUT2D eigenvalue weighted by atomic mass is 15.2. The van der Waals surface area contributed by atoms with Crippen LogP contribution in [0.15, 0.2) is 40.1 Å². The van der Waals surface area contributed by atoms with Crippen LogP contribution >= 0.6 is 0 Å². The Balaban J connectivity index is 5.27. The number of hydrogen-bond acceptors (Lipinski definition) is 2. The van der Waals surface area contributed by atoms with Crippen LogP contribution in [0.4, 0.5) is 0 Å². The summed E-state index contributed by atoms with van der Waals surface area (Å²) in [7, 11) is 0. The summed E-state index contributed by atoms with van der Waals surface area (Å²) in [6, 6.07) is 1.30. The molecule has 0 rings (SSSR count). The van der Waals surface area contributed by atoms with Crippen molar-refractivity contribution in [1.29, 1.82) is 0 Å². The highest BCUT2D eigenvalue weighted by Crippen LogP contribution is 2.20. The maximum atomic E-state index is 4.89. The van der Waals surface area contributed by atoms with Gasteiger partial charge in [0.05, 0.1) is 5.70 Å². The van der Waals surface area contributed by atoms with Crippen LogP contribution in [-0.2, 0) is 0 Å². The average Bonchev–Trinajstić information content (AvgIpc) is 2.67. The lowest BCUT2D eigenvalue weighted by molar-refractivity contribution is 0.127. The summed E-state index contributed by atoms with van der Waals surface area (Å²) in [5.41, 5.74) is 4.79. The van der Waals surface area contributed by atoms with Gasteiger partial charge in [-0.05, 0) is 84.4 Å². The van der Waals surface area contributed by atoms with Gasteiger partial charge in [-0.25, -0.2) is 0 Å². The van der Waals surface area contributed by atoms with Crippen LogP contribution in [0.2, 0.25) is 0 Å². The van der Waals surface area contributed by atoms with Crippen molar-refractivity contribution in [3.8, 4) is 0 Å². The van der Waals surface area contributed by atoms with Crippen LogP contribution < -0.4 is 0 Å². The number of rotatable bonds is 14. The second kappa shape index (κ2) is 15.7. The summed E-state index contributed by atoms with van der Waals surface area (Å²) >= 11 is 0. The Kier molecular flexibility index (Phi) is 15.1. The monoisotopic (exact) mass is 388 g/mol. The van der Waals surface area contributed by atoms with E-state index in [1.807, 2.05) is 0 Å². The van der Waals surface area contributed by atoms with Crippen LogP contribution in [0, 0.1) is 0 Å². The SMILES string of the molecule is C\C=C(/N=C(C)/C(C)=C/CC(C)N(CCC)C(CCC)CCC)C(C)=CCC. The van der Waals surface area contributed by atoms with Crippen molar-refractivity contribution in [3.05, 3.63) is 35.1 Å². The van der Waals surface area contributed by atoms with E-state index in [0.717, 1.165) is 30.3 Å². The van der Waals surface area contributed by atoms with E-state index >= 15 is 0 Å². The van der Waals surface area contributed by atoms with E-state index in [0.29, 0.717) is 6.04 Å². The number of hydrogen-bond donors (Lipinski definition) is 0. The summed E-state index contributed by atoms with van der Waals surface area (Å²) in [4.78, 5) is 7.65. The molecule has 0 bridgehead atoms. The first-order valence-corrected chi connectivity index (χ1v) is 11.7. The minimum atomic E-state index is 0.578. The molecular formula is C26H48N2. The maximum absolute atomic E-state index is 4.89. The van der Waals surface area contributed by atoms with Gasteiger partial charge in [0.1, 0.15) is 0 Å². The van der Waals surface area contributed by atoms with Crippen LogP contribution in [0.25, 0.3) is 0 Å². The molecule has 0 radical (unpaired) electrons. The molecule has 0 aromatic rings. The van der Waals surface area contributed by atoms with Crippen LogP contribution in [0.1, 0.15) is 107 Å². The third-order valence-corrected chi connectivity index (χ3v) is 5.57. The minimum Gasteiger partial charge on any atom is -0.297 e. The molecule has 0 spiro atoms. The molecule has 162 valence electrons. The quantitative estimate of drug-likeness (QED) is 0.217. The second-order valence-electron chi connectivity index (χ2n) is 8.11. The van der Waals surface area contributed by atoms with E-state index in [9.17, 15) is 0 Å². The van der Waals surface area contributed by atoms with Gasteiger partial charge in [0, 0.05) is 17.8 Å². The molecule has 0 aliphatic rings. The van der Waals surface area contributed by atoms with Crippen LogP contribution in [0.5, 0.6) is 0 Å². The fraction of sp³-hybridized carbons (Fsp3) is 0.731. The summed E-state index contributed by atoms with van der Waals surface area (Å²) < 4.78 is 0. The zero-order chi connectivity index (χ0) is 21.5. The Morgan fingerprint density at radius 2 is 1.50 bits per heavy atom. The van der Waals surface area contributed by atoms with E-state index in [4.69, 9.17) is 4.99 Å². The predicted molar refractivity (Wildman–Crippen MR) is 129 cm³/mol. The molecule has 2 heteroatoms. The molecule has 0 N–H and O–H groups in total. The van der Waals surface area contributed by atoms with Crippen molar-refractivity contribution in [2.24, 2.45) is 4.99 Å². The van der Waals surface area contributed by atoms with Gasteiger partial charge in [-0.15, -0.1) is 0 Å². The smallest absolute Gasteiger partial charge is 0.0616 e. The molecule has 0 saturated heterocycles. The van der Waals surface area contributed by atoms with Gasteiger partial charge >= 0.3 is 0 Å². The Labute approximate surface area is 176 Å². The van der Waals surface area contributed by atoms with E-state index in [1.54, 1.807) is 0 Å². The second-order valence-corrected chi connectivity index (χ2v) is 8.11. The molecule has 0 amide bonds. The number of allylic oxidation sites excluding steroid dienone is 4. The summed E-state index contributed by atoms with van der Waals surface area (Å²) in [5, 5.41) is 0. The fourth-order valence-corrected chi connectivity index (χ4v) is 3.85. The zero-order valence-corrected chi connectivity index (χ0v) is 20.4. The Hall–Kier alpha value is -1.15. The molecule has 0 aliphatic heterocycles. The zero-order valence-electron chi connectivity index (χ0n) is 20.4. The first-order valence-electron chi connectivity index (χ1n) is 11.7. The van der Waals surface area contributed by atoms with Gasteiger partial charge in [0.2, 0.25) is 0 Å². The lowest BCUT2D eigenvalue weighted by Gasteiger charge is -2.36. The molecular weight excluding hydrogens is 340 g/mol. The Morgan fingerprint density at radius 1 is 0.893 bits per heavy atom. The molecule has 0 heterocycles. The third kappa shape index (κ3) is 9.87. The van der Waals surface area contributed by atoms with Gasteiger partial charge < -0.3 is 0 Å². The molecule has 0 saturated carbocycles. The Morgan fingerprint density at radius 3 is 1.96 bits per heavy atom. The van der Waals surface area contributed by atoms with E-state index in [2.05, 4.69) is 85.4 Å². The number of aliphatic imine (C=N–C) groups is 1. The maximum Gasteiger partial charge on any atom is 0.0616 e. The lowest BCUT2D eigenvalue weighted by Crippen LogP contribution is -2.42. The fourth-order valence-electron chi connectivity index (χ4n) is 3.85. The molecule has 0 aromatic heterocycles. The molecule has 0 fully saturated rings. The summed E-state index contributed by atoms with van der Waals surface area (Å²) in [6.07, 6.45) is 15.3. The van der Waals surface area contributed by atoms with E-state index < -0.39 is 0 Å². The topological polar surface area (TPSA) is 15.6 Å². The van der Waals surface area contributed by atoms with Crippen molar-refractivity contribution in [2.45, 2.75) is 119 Å². The molecule has 0 aliphatic carbocycles. The van der Waals surface area contributed by atoms with Gasteiger partial charge in [-0.1, -0.05) is 58.8 Å². The first kappa shape index (κ1) is 26.9. The van der Waals surface area contributed by atoms with Crippen molar-refractivity contribution in [2.75, 3.05) is 6.54 Å². The largest absolute Gasteiger partial charge is 0.297 e. The van der Waals surface area contributed by atoms with Gasteiger partial charge in [-0.3, -0.25) is 9.89 Å². The van der Waals surface area contributed by atoms with Crippen LogP contribution in [-0.4, -0.2) is 29.2 Å². The standard InChI is InChI=1S/C26H48N2/c1-10-15-22(7)26(14-5)27-24(9)21(6)18-19-23(8)28(20-13-4)25(16-11-2)17-12-3/h14-15,18,23,25H,10-13,16-17,19-20H2,1-9H3/b21-18+,22-15?,26-14-,27-24+. The van der Waals surface area contributed by atoms with Gasteiger partial charge in [0.25, 0.3) is 0 Å². The average molecular weight is 389 g/mol. The number of nitrogens with zero attached hydrogens (tertiary/aromatic N) is 2. The lowest BCUT2D eigenvalue weighted by atomic mass is 10.0. The van der Waals surface area contributed by atoms with E-state index in [1.165, 1.54) is 49.8 Å². The van der Waals surface area contributed by atoms with E-state index in [-0.39, 0.29) is 0 Å². The molecule has 0 aromatic carbocycles. The molecule has 28 heavy (non-hydrogen) atoms. The van der Waals surface area contributed by atoms with Crippen molar-refractivity contribution in [3.63, 3.8) is 0 Å². The van der Waals surface area contributed by atoms with Gasteiger partial charge in [-0.2, -0.15) is 0 Å². The summed E-state index contributed by atoms with van der Waals surface area (Å²) in [5.74, 6) is 0. The predicted octanol–water partition coefficient (Wildman–Crippen LogP) is 8.11. The van der Waals surface area contributed by atoms with Crippen molar-refractivity contribution in [1.82, 2.24) is 4.90 Å². The normalized spacial score (nSPS) is 15.7. The van der Waals surface area contributed by atoms with Crippen molar-refractivity contribution >= 4 is 5.71 Å². The van der Waals surface area contributed by atoms with Crippen LogP contribution in [0.3, 0.4) is 0 Å².